The molecule has 3 aromatic rings. The summed E-state index contributed by atoms with van der Waals surface area (Å²) in [6, 6.07) is 1.74. The second kappa shape index (κ2) is 4.97. The first-order valence-corrected chi connectivity index (χ1v) is 6.39. The number of aromatic amines is 1. The molecule has 0 unspecified atom stereocenters. The molecule has 0 radical (unpaired) electrons. The molecule has 0 amide bonds. The summed E-state index contributed by atoms with van der Waals surface area (Å²) in [5.41, 5.74) is 2.31. The van der Waals surface area contributed by atoms with Crippen molar-refractivity contribution in [2.45, 2.75) is 26.6 Å². The quantitative estimate of drug-likeness (QED) is 0.774. The number of halogens is 3. The zero-order valence-corrected chi connectivity index (χ0v) is 11.7. The van der Waals surface area contributed by atoms with Gasteiger partial charge in [0.25, 0.3) is 5.82 Å². The molecule has 3 heterocycles. The van der Waals surface area contributed by atoms with Crippen LogP contribution in [0, 0.1) is 13.8 Å². The van der Waals surface area contributed by atoms with E-state index in [1.807, 2.05) is 13.8 Å². The molecule has 116 valence electrons. The largest absolute Gasteiger partial charge is 0.453 e. The molecule has 0 saturated carbocycles. The van der Waals surface area contributed by atoms with Gasteiger partial charge in [0.2, 0.25) is 0 Å². The molecule has 10 heteroatoms. The summed E-state index contributed by atoms with van der Waals surface area (Å²) in [5.74, 6) is -0.449. The van der Waals surface area contributed by atoms with E-state index in [1.54, 1.807) is 16.8 Å². The summed E-state index contributed by atoms with van der Waals surface area (Å²) >= 11 is 0. The molecular formula is C12H12F3N7. The topological polar surface area (TPSA) is 83.8 Å². The second-order valence-corrected chi connectivity index (χ2v) is 4.73. The third-order valence-corrected chi connectivity index (χ3v) is 3.22. The molecule has 3 rings (SSSR count). The van der Waals surface area contributed by atoms with Gasteiger partial charge in [-0.05, 0) is 13.8 Å². The van der Waals surface area contributed by atoms with Crippen molar-refractivity contribution in [3.8, 4) is 0 Å². The highest BCUT2D eigenvalue weighted by molar-refractivity contribution is 5.54. The van der Waals surface area contributed by atoms with E-state index in [2.05, 4.69) is 30.6 Å². The molecule has 0 aromatic carbocycles. The van der Waals surface area contributed by atoms with Crippen molar-refractivity contribution in [3.63, 3.8) is 0 Å². The molecule has 0 spiro atoms. The Kier molecular flexibility index (Phi) is 3.23. The minimum absolute atomic E-state index is 0.0579. The van der Waals surface area contributed by atoms with Crippen molar-refractivity contribution in [2.24, 2.45) is 0 Å². The first-order valence-electron chi connectivity index (χ1n) is 6.39. The van der Waals surface area contributed by atoms with E-state index in [1.165, 1.54) is 0 Å². The van der Waals surface area contributed by atoms with E-state index in [9.17, 15) is 13.2 Å². The highest BCUT2D eigenvalue weighted by Gasteiger charge is 2.35. The first-order chi connectivity index (χ1) is 10.4. The Morgan fingerprint density at radius 1 is 1.27 bits per heavy atom. The number of anilines is 1. The van der Waals surface area contributed by atoms with Gasteiger partial charge in [-0.15, -0.1) is 5.10 Å². The van der Waals surface area contributed by atoms with Crippen LogP contribution in [-0.4, -0.2) is 29.8 Å². The molecule has 0 bridgehead atoms. The van der Waals surface area contributed by atoms with E-state index in [0.29, 0.717) is 11.5 Å². The number of aromatic nitrogens is 6. The summed E-state index contributed by atoms with van der Waals surface area (Å²) in [6.07, 6.45) is -2.96. The predicted molar refractivity (Wildman–Crippen MR) is 71.2 cm³/mol. The Bertz CT molecular complexity index is 818. The lowest BCUT2D eigenvalue weighted by molar-refractivity contribution is -0.144. The standard InChI is InChI=1S/C12H12F3N7/c1-6-7(2)18-9-3-4-17-22(9)10(6)16-5-8-19-11(21-20-8)12(13,14)15/h3-4,16H,5H2,1-2H3,(H,19,20,21). The van der Waals surface area contributed by atoms with Crippen LogP contribution in [0.2, 0.25) is 0 Å². The van der Waals surface area contributed by atoms with Crippen LogP contribution in [0.1, 0.15) is 22.9 Å². The maximum absolute atomic E-state index is 12.5. The Labute approximate surface area is 122 Å². The number of hydrogen-bond donors (Lipinski definition) is 2. The lowest BCUT2D eigenvalue weighted by Gasteiger charge is -2.12. The van der Waals surface area contributed by atoms with Crippen LogP contribution < -0.4 is 5.32 Å². The molecule has 0 aliphatic heterocycles. The Balaban J connectivity index is 1.86. The Morgan fingerprint density at radius 2 is 2.05 bits per heavy atom. The number of rotatable bonds is 3. The summed E-state index contributed by atoms with van der Waals surface area (Å²) in [7, 11) is 0. The summed E-state index contributed by atoms with van der Waals surface area (Å²) in [6.45, 7) is 3.76. The van der Waals surface area contributed by atoms with Gasteiger partial charge in [-0.3, -0.25) is 5.10 Å². The number of fused-ring (bicyclic) bond motifs is 1. The number of nitrogens with zero attached hydrogens (tertiary/aromatic N) is 5. The van der Waals surface area contributed by atoms with Crippen LogP contribution in [0.5, 0.6) is 0 Å². The van der Waals surface area contributed by atoms with Gasteiger partial charge in [0.15, 0.2) is 5.65 Å². The fourth-order valence-electron chi connectivity index (χ4n) is 2.02. The smallest absolute Gasteiger partial charge is 0.362 e. The van der Waals surface area contributed by atoms with Crippen LogP contribution in [0.4, 0.5) is 19.0 Å². The van der Waals surface area contributed by atoms with Gasteiger partial charge in [-0.25, -0.2) is 9.97 Å². The van der Waals surface area contributed by atoms with Crippen molar-refractivity contribution in [1.82, 2.24) is 29.8 Å². The number of hydrogen-bond acceptors (Lipinski definition) is 5. The molecule has 0 fully saturated rings. The first kappa shape index (κ1) is 14.3. The molecule has 0 saturated heterocycles. The van der Waals surface area contributed by atoms with E-state index < -0.39 is 12.0 Å². The second-order valence-electron chi connectivity index (χ2n) is 4.73. The van der Waals surface area contributed by atoms with Crippen molar-refractivity contribution in [3.05, 3.63) is 35.2 Å². The highest BCUT2D eigenvalue weighted by Crippen LogP contribution is 2.25. The van der Waals surface area contributed by atoms with Gasteiger partial charge in [0.1, 0.15) is 11.6 Å². The minimum atomic E-state index is -4.56. The number of aryl methyl sites for hydroxylation is 1. The molecule has 0 atom stereocenters. The maximum atomic E-state index is 12.5. The van der Waals surface area contributed by atoms with Gasteiger partial charge >= 0.3 is 6.18 Å². The monoisotopic (exact) mass is 311 g/mol. The maximum Gasteiger partial charge on any atom is 0.453 e. The van der Waals surface area contributed by atoms with Gasteiger partial charge in [-0.2, -0.15) is 22.8 Å². The van der Waals surface area contributed by atoms with Crippen molar-refractivity contribution < 1.29 is 13.2 Å². The van der Waals surface area contributed by atoms with Gasteiger partial charge in [-0.1, -0.05) is 0 Å². The zero-order chi connectivity index (χ0) is 15.9. The number of H-pyrrole nitrogens is 1. The van der Waals surface area contributed by atoms with Crippen LogP contribution >= 0.6 is 0 Å². The lowest BCUT2D eigenvalue weighted by atomic mass is 10.2. The molecule has 22 heavy (non-hydrogen) atoms. The fraction of sp³-hybridized carbons (Fsp3) is 0.333. The normalized spacial score (nSPS) is 12.0. The Hall–Kier alpha value is -2.65. The van der Waals surface area contributed by atoms with Crippen LogP contribution in [0.3, 0.4) is 0 Å². The third kappa shape index (κ3) is 2.47. The SMILES string of the molecule is Cc1nc2ccnn2c(NCc2nc(C(F)(F)F)n[nH]2)c1C. The average molecular weight is 311 g/mol. The van der Waals surface area contributed by atoms with E-state index in [0.717, 1.165) is 11.3 Å². The molecule has 0 aliphatic carbocycles. The van der Waals surface area contributed by atoms with E-state index in [4.69, 9.17) is 0 Å². The molecule has 7 nitrogen and oxygen atoms in total. The average Bonchev–Trinajstić information content (AvgIpc) is 3.07. The van der Waals surface area contributed by atoms with Crippen molar-refractivity contribution >= 4 is 11.5 Å². The molecular weight excluding hydrogens is 299 g/mol. The molecule has 0 aliphatic rings. The van der Waals surface area contributed by atoms with Crippen molar-refractivity contribution in [1.29, 1.82) is 0 Å². The van der Waals surface area contributed by atoms with E-state index in [-0.39, 0.29) is 12.4 Å². The number of alkyl halides is 3. The fourth-order valence-corrected chi connectivity index (χ4v) is 2.02. The Morgan fingerprint density at radius 3 is 2.73 bits per heavy atom. The van der Waals surface area contributed by atoms with Gasteiger partial charge in [0, 0.05) is 17.3 Å². The predicted octanol–water partition coefficient (Wildman–Crippen LogP) is 2.10. The molecule has 2 N–H and O–H groups in total. The summed E-state index contributed by atoms with van der Waals surface area (Å²) in [5, 5.41) is 12.6. The highest BCUT2D eigenvalue weighted by atomic mass is 19.4. The number of nitrogens with one attached hydrogen (secondary N) is 2. The van der Waals surface area contributed by atoms with Crippen molar-refractivity contribution in [2.75, 3.05) is 5.32 Å². The summed E-state index contributed by atoms with van der Waals surface area (Å²) < 4.78 is 39.0. The third-order valence-electron chi connectivity index (χ3n) is 3.22. The molecule has 3 aromatic heterocycles. The van der Waals surface area contributed by atoms with Gasteiger partial charge in [0.05, 0.1) is 12.7 Å². The van der Waals surface area contributed by atoms with Crippen LogP contribution in [0.15, 0.2) is 12.3 Å². The van der Waals surface area contributed by atoms with Gasteiger partial charge < -0.3 is 5.32 Å². The van der Waals surface area contributed by atoms with Crippen LogP contribution in [-0.2, 0) is 12.7 Å². The van der Waals surface area contributed by atoms with E-state index >= 15 is 0 Å². The lowest BCUT2D eigenvalue weighted by Crippen LogP contribution is -2.11. The van der Waals surface area contributed by atoms with Crippen LogP contribution in [0.25, 0.3) is 5.65 Å². The zero-order valence-electron chi connectivity index (χ0n) is 11.7. The minimum Gasteiger partial charge on any atom is -0.362 e. The summed E-state index contributed by atoms with van der Waals surface area (Å²) in [4.78, 5) is 7.78.